The van der Waals surface area contributed by atoms with Gasteiger partial charge in [0.15, 0.2) is 0 Å². The molecule has 1 aromatic rings. The number of aryl methyl sites for hydroxylation is 1. The highest BCUT2D eigenvalue weighted by molar-refractivity contribution is 5.54. The molecule has 1 aliphatic carbocycles. The van der Waals surface area contributed by atoms with E-state index in [-0.39, 0.29) is 5.82 Å². The van der Waals surface area contributed by atoms with Gasteiger partial charge in [0.1, 0.15) is 0 Å². The van der Waals surface area contributed by atoms with E-state index in [4.69, 9.17) is 0 Å². The van der Waals surface area contributed by atoms with Crippen molar-refractivity contribution in [2.45, 2.75) is 52.5 Å². The van der Waals surface area contributed by atoms with Gasteiger partial charge in [0.05, 0.1) is 0 Å². The van der Waals surface area contributed by atoms with Gasteiger partial charge in [-0.1, -0.05) is 26.7 Å². The SMILES string of the molecule is Cc1nc([N+](=O)[O-])c(NC2CCCCC2C(C)C)n1C. The number of hydrogen-bond donors (Lipinski definition) is 1. The van der Waals surface area contributed by atoms with Gasteiger partial charge in [-0.2, -0.15) is 0 Å². The van der Waals surface area contributed by atoms with Crippen LogP contribution in [0.2, 0.25) is 0 Å². The number of rotatable bonds is 4. The van der Waals surface area contributed by atoms with Crippen molar-refractivity contribution in [2.24, 2.45) is 18.9 Å². The summed E-state index contributed by atoms with van der Waals surface area (Å²) in [5.74, 6) is 2.30. The van der Waals surface area contributed by atoms with Crippen LogP contribution in [-0.4, -0.2) is 20.5 Å². The maximum atomic E-state index is 11.1. The molecule has 2 unspecified atom stereocenters. The van der Waals surface area contributed by atoms with Gasteiger partial charge in [-0.15, -0.1) is 0 Å². The van der Waals surface area contributed by atoms with Gasteiger partial charge in [-0.05, 0) is 34.6 Å². The third-order valence-corrected chi connectivity index (χ3v) is 4.47. The van der Waals surface area contributed by atoms with Gasteiger partial charge in [0, 0.05) is 20.0 Å². The zero-order valence-electron chi connectivity index (χ0n) is 12.7. The molecule has 0 bridgehead atoms. The van der Waals surface area contributed by atoms with E-state index in [1.807, 2.05) is 7.05 Å². The lowest BCUT2D eigenvalue weighted by Gasteiger charge is -2.35. The van der Waals surface area contributed by atoms with Crippen LogP contribution >= 0.6 is 0 Å². The molecule has 0 amide bonds. The molecule has 1 fully saturated rings. The predicted molar refractivity (Wildman–Crippen MR) is 78.8 cm³/mol. The molecule has 1 aromatic heterocycles. The Morgan fingerprint density at radius 2 is 2.05 bits per heavy atom. The number of anilines is 1. The summed E-state index contributed by atoms with van der Waals surface area (Å²) < 4.78 is 1.78. The van der Waals surface area contributed by atoms with Gasteiger partial charge in [-0.25, -0.2) is 0 Å². The van der Waals surface area contributed by atoms with Crippen LogP contribution in [0.1, 0.15) is 45.4 Å². The number of nitro groups is 1. The van der Waals surface area contributed by atoms with Crippen LogP contribution in [0.15, 0.2) is 0 Å². The van der Waals surface area contributed by atoms with Crippen LogP contribution in [-0.2, 0) is 7.05 Å². The number of nitrogens with zero attached hydrogens (tertiary/aromatic N) is 3. The van der Waals surface area contributed by atoms with Crippen LogP contribution in [0, 0.1) is 28.9 Å². The minimum Gasteiger partial charge on any atom is -0.361 e. The van der Waals surface area contributed by atoms with Gasteiger partial charge in [-0.3, -0.25) is 4.57 Å². The number of nitrogens with one attached hydrogen (secondary N) is 1. The Kier molecular flexibility index (Phi) is 4.30. The van der Waals surface area contributed by atoms with Gasteiger partial charge in [0.2, 0.25) is 11.6 Å². The van der Waals surface area contributed by atoms with Crippen molar-refractivity contribution < 1.29 is 4.92 Å². The zero-order valence-corrected chi connectivity index (χ0v) is 12.7. The number of hydrogen-bond acceptors (Lipinski definition) is 4. The monoisotopic (exact) mass is 280 g/mol. The van der Waals surface area contributed by atoms with E-state index in [1.54, 1.807) is 11.5 Å². The van der Waals surface area contributed by atoms with Crippen LogP contribution in [0.3, 0.4) is 0 Å². The Labute approximate surface area is 119 Å². The van der Waals surface area contributed by atoms with Crippen molar-refractivity contribution in [3.63, 3.8) is 0 Å². The molecule has 0 spiro atoms. The third kappa shape index (κ3) is 2.78. The molecule has 0 aromatic carbocycles. The van der Waals surface area contributed by atoms with Crippen molar-refractivity contribution in [3.05, 3.63) is 15.9 Å². The minimum atomic E-state index is -0.400. The van der Waals surface area contributed by atoms with Crippen molar-refractivity contribution >= 4 is 11.6 Å². The summed E-state index contributed by atoms with van der Waals surface area (Å²) in [6.07, 6.45) is 4.71. The van der Waals surface area contributed by atoms with E-state index in [0.29, 0.717) is 29.5 Å². The average molecular weight is 280 g/mol. The maximum absolute atomic E-state index is 11.1. The Morgan fingerprint density at radius 1 is 1.40 bits per heavy atom. The first-order valence-electron chi connectivity index (χ1n) is 7.36. The Hall–Kier alpha value is -1.59. The second kappa shape index (κ2) is 5.81. The summed E-state index contributed by atoms with van der Waals surface area (Å²) in [7, 11) is 1.82. The molecule has 1 aliphatic rings. The molecule has 20 heavy (non-hydrogen) atoms. The van der Waals surface area contributed by atoms with E-state index >= 15 is 0 Å². The lowest BCUT2D eigenvalue weighted by Crippen LogP contribution is -2.36. The Balaban J connectivity index is 2.26. The number of aromatic nitrogens is 2. The van der Waals surface area contributed by atoms with Crippen LogP contribution in [0.4, 0.5) is 11.6 Å². The predicted octanol–water partition coefficient (Wildman–Crippen LogP) is 3.26. The normalized spacial score (nSPS) is 23.1. The van der Waals surface area contributed by atoms with Gasteiger partial charge >= 0.3 is 5.82 Å². The summed E-state index contributed by atoms with van der Waals surface area (Å²) in [5.41, 5.74) is 0. The third-order valence-electron chi connectivity index (χ3n) is 4.47. The molecule has 112 valence electrons. The lowest BCUT2D eigenvalue weighted by atomic mass is 9.78. The zero-order chi connectivity index (χ0) is 14.9. The Bertz CT molecular complexity index is 496. The molecular weight excluding hydrogens is 256 g/mol. The van der Waals surface area contributed by atoms with Gasteiger partial charge < -0.3 is 15.4 Å². The largest absolute Gasteiger partial charge is 0.406 e. The van der Waals surface area contributed by atoms with E-state index in [2.05, 4.69) is 24.1 Å². The molecule has 1 heterocycles. The quantitative estimate of drug-likeness (QED) is 0.678. The Morgan fingerprint density at radius 3 is 2.65 bits per heavy atom. The van der Waals surface area contributed by atoms with Crippen molar-refractivity contribution in [1.29, 1.82) is 0 Å². The molecule has 0 saturated heterocycles. The molecule has 2 atom stereocenters. The summed E-state index contributed by atoms with van der Waals surface area (Å²) in [6.45, 7) is 6.25. The van der Waals surface area contributed by atoms with Crippen molar-refractivity contribution in [1.82, 2.24) is 9.55 Å². The first-order chi connectivity index (χ1) is 9.41. The van der Waals surface area contributed by atoms with E-state index in [9.17, 15) is 10.1 Å². The molecule has 6 heteroatoms. The molecule has 2 rings (SSSR count). The van der Waals surface area contributed by atoms with Crippen LogP contribution < -0.4 is 5.32 Å². The van der Waals surface area contributed by atoms with Gasteiger partial charge in [0.25, 0.3) is 0 Å². The first kappa shape index (κ1) is 14.8. The van der Waals surface area contributed by atoms with Crippen LogP contribution in [0.25, 0.3) is 0 Å². The summed E-state index contributed by atoms with van der Waals surface area (Å²) in [5, 5.41) is 14.5. The smallest absolute Gasteiger partial charge is 0.361 e. The molecule has 1 saturated carbocycles. The summed E-state index contributed by atoms with van der Waals surface area (Å²) >= 11 is 0. The second-order valence-electron chi connectivity index (χ2n) is 6.09. The van der Waals surface area contributed by atoms with Crippen molar-refractivity contribution in [3.8, 4) is 0 Å². The fourth-order valence-corrected chi connectivity index (χ4v) is 3.19. The maximum Gasteiger partial charge on any atom is 0.406 e. The molecule has 6 nitrogen and oxygen atoms in total. The summed E-state index contributed by atoms with van der Waals surface area (Å²) in [6, 6.07) is 0.303. The second-order valence-corrected chi connectivity index (χ2v) is 6.09. The standard InChI is InChI=1S/C14H24N4O2/c1-9(2)11-7-5-6-8-12(11)16-13-14(18(19)20)15-10(3)17(13)4/h9,11-12,16H,5-8H2,1-4H3. The van der Waals surface area contributed by atoms with E-state index in [1.165, 1.54) is 19.3 Å². The molecule has 0 aliphatic heterocycles. The van der Waals surface area contributed by atoms with E-state index < -0.39 is 4.92 Å². The first-order valence-corrected chi connectivity index (χ1v) is 7.36. The fourth-order valence-electron chi connectivity index (χ4n) is 3.19. The van der Waals surface area contributed by atoms with E-state index in [0.717, 1.165) is 6.42 Å². The van der Waals surface area contributed by atoms with Crippen LogP contribution in [0.5, 0.6) is 0 Å². The van der Waals surface area contributed by atoms with Crippen molar-refractivity contribution in [2.75, 3.05) is 5.32 Å². The highest BCUT2D eigenvalue weighted by Gasteiger charge is 2.31. The molecular formula is C14H24N4O2. The summed E-state index contributed by atoms with van der Waals surface area (Å²) in [4.78, 5) is 14.8. The average Bonchev–Trinajstić information content (AvgIpc) is 2.67. The minimum absolute atomic E-state index is 0.0573. The molecule has 1 N–H and O–H groups in total. The highest BCUT2D eigenvalue weighted by atomic mass is 16.6. The number of imidazole rings is 1. The lowest BCUT2D eigenvalue weighted by molar-refractivity contribution is -0.388. The topological polar surface area (TPSA) is 73.0 Å². The highest BCUT2D eigenvalue weighted by Crippen LogP contribution is 2.34. The fraction of sp³-hybridized carbons (Fsp3) is 0.786. The molecule has 0 radical (unpaired) electrons.